The number of amides is 1. The van der Waals surface area contributed by atoms with Crippen LogP contribution in [0.2, 0.25) is 0 Å². The predicted octanol–water partition coefficient (Wildman–Crippen LogP) is 4.50. The van der Waals surface area contributed by atoms with Gasteiger partial charge in [0.25, 0.3) is 5.91 Å². The van der Waals surface area contributed by atoms with E-state index in [0.29, 0.717) is 5.56 Å². The maximum atomic E-state index is 12.3. The zero-order valence-corrected chi connectivity index (χ0v) is 13.0. The first-order valence-electron chi connectivity index (χ1n) is 6.83. The van der Waals surface area contributed by atoms with E-state index < -0.39 is 0 Å². The molecule has 0 aromatic heterocycles. The summed E-state index contributed by atoms with van der Waals surface area (Å²) in [4.78, 5) is 12.3. The number of hydrogen-bond donors (Lipinski definition) is 1. The van der Waals surface area contributed by atoms with Crippen molar-refractivity contribution in [1.82, 2.24) is 0 Å². The Bertz CT molecular complexity index is 679. The fourth-order valence-corrected chi connectivity index (χ4v) is 2.89. The van der Waals surface area contributed by atoms with Gasteiger partial charge < -0.3 is 5.32 Å². The van der Waals surface area contributed by atoms with Crippen LogP contribution in [-0.4, -0.2) is 5.91 Å². The predicted molar refractivity (Wildman–Crippen MR) is 85.3 cm³/mol. The molecule has 20 heavy (non-hydrogen) atoms. The quantitative estimate of drug-likeness (QED) is 0.863. The van der Waals surface area contributed by atoms with Crippen LogP contribution in [0.4, 0.5) is 5.69 Å². The van der Waals surface area contributed by atoms with Gasteiger partial charge in [0.2, 0.25) is 0 Å². The van der Waals surface area contributed by atoms with E-state index in [1.165, 1.54) is 17.5 Å². The summed E-state index contributed by atoms with van der Waals surface area (Å²) in [5, 5.41) is 2.98. The second-order valence-electron chi connectivity index (χ2n) is 5.26. The summed E-state index contributed by atoms with van der Waals surface area (Å²) in [6, 6.07) is 11.9. The van der Waals surface area contributed by atoms with Gasteiger partial charge in [0, 0.05) is 15.7 Å². The van der Waals surface area contributed by atoms with Gasteiger partial charge in [-0.3, -0.25) is 4.79 Å². The molecule has 0 spiro atoms. The number of nitrogens with one attached hydrogen (secondary N) is 1. The molecule has 1 N–H and O–H groups in total. The van der Waals surface area contributed by atoms with Crippen LogP contribution in [0.1, 0.15) is 33.5 Å². The molecule has 1 amide bonds. The van der Waals surface area contributed by atoms with Crippen molar-refractivity contribution in [3.63, 3.8) is 0 Å². The van der Waals surface area contributed by atoms with E-state index in [1.54, 1.807) is 0 Å². The molecule has 0 atom stereocenters. The maximum Gasteiger partial charge on any atom is 0.255 e. The zero-order valence-electron chi connectivity index (χ0n) is 11.4. The average molecular weight is 330 g/mol. The number of rotatable bonds is 2. The molecule has 3 heteroatoms. The Morgan fingerprint density at radius 2 is 1.90 bits per heavy atom. The number of fused-ring (bicyclic) bond motifs is 1. The van der Waals surface area contributed by atoms with Crippen molar-refractivity contribution in [2.24, 2.45) is 0 Å². The SMILES string of the molecule is Cc1cc(C(=O)Nc2ccc3c(c2)CCC3)ccc1Br. The molecule has 1 aliphatic carbocycles. The monoisotopic (exact) mass is 329 g/mol. The summed E-state index contributed by atoms with van der Waals surface area (Å²) in [6.07, 6.45) is 3.50. The van der Waals surface area contributed by atoms with Gasteiger partial charge in [-0.15, -0.1) is 0 Å². The van der Waals surface area contributed by atoms with Gasteiger partial charge in [-0.25, -0.2) is 0 Å². The van der Waals surface area contributed by atoms with Gasteiger partial charge in [-0.2, -0.15) is 0 Å². The van der Waals surface area contributed by atoms with Crippen molar-refractivity contribution in [3.05, 3.63) is 63.1 Å². The van der Waals surface area contributed by atoms with Crippen LogP contribution in [-0.2, 0) is 12.8 Å². The van der Waals surface area contributed by atoms with Gasteiger partial charge >= 0.3 is 0 Å². The summed E-state index contributed by atoms with van der Waals surface area (Å²) in [7, 11) is 0. The van der Waals surface area contributed by atoms with E-state index in [2.05, 4.69) is 33.4 Å². The molecular weight excluding hydrogens is 314 g/mol. The molecule has 1 aliphatic rings. The highest BCUT2D eigenvalue weighted by Gasteiger charge is 2.12. The molecule has 3 rings (SSSR count). The third kappa shape index (κ3) is 2.63. The van der Waals surface area contributed by atoms with Crippen LogP contribution in [0.15, 0.2) is 40.9 Å². The van der Waals surface area contributed by atoms with Gasteiger partial charge in [0.15, 0.2) is 0 Å². The van der Waals surface area contributed by atoms with Crippen molar-refractivity contribution < 1.29 is 4.79 Å². The van der Waals surface area contributed by atoms with Crippen LogP contribution < -0.4 is 5.32 Å². The van der Waals surface area contributed by atoms with Crippen molar-refractivity contribution in [1.29, 1.82) is 0 Å². The lowest BCUT2D eigenvalue weighted by Gasteiger charge is -2.08. The number of carbonyl (C=O) groups excluding carboxylic acids is 1. The second kappa shape index (κ2) is 5.41. The molecule has 2 aromatic rings. The molecule has 0 saturated carbocycles. The highest BCUT2D eigenvalue weighted by atomic mass is 79.9. The Balaban J connectivity index is 1.80. The van der Waals surface area contributed by atoms with E-state index >= 15 is 0 Å². The summed E-state index contributed by atoms with van der Waals surface area (Å²) in [6.45, 7) is 1.98. The summed E-state index contributed by atoms with van der Waals surface area (Å²) in [5.41, 5.74) is 5.42. The minimum Gasteiger partial charge on any atom is -0.322 e. The minimum atomic E-state index is -0.0569. The molecule has 2 aromatic carbocycles. The number of carbonyl (C=O) groups is 1. The third-order valence-electron chi connectivity index (χ3n) is 3.78. The van der Waals surface area contributed by atoms with E-state index in [9.17, 15) is 4.79 Å². The molecule has 2 nitrogen and oxygen atoms in total. The van der Waals surface area contributed by atoms with Crippen molar-refractivity contribution >= 4 is 27.5 Å². The van der Waals surface area contributed by atoms with Crippen LogP contribution in [0.3, 0.4) is 0 Å². The van der Waals surface area contributed by atoms with E-state index in [-0.39, 0.29) is 5.91 Å². The Morgan fingerprint density at radius 3 is 2.70 bits per heavy atom. The normalized spacial score (nSPS) is 13.1. The smallest absolute Gasteiger partial charge is 0.255 e. The van der Waals surface area contributed by atoms with Crippen molar-refractivity contribution in [2.45, 2.75) is 26.2 Å². The van der Waals surface area contributed by atoms with E-state index in [0.717, 1.165) is 28.6 Å². The summed E-state index contributed by atoms with van der Waals surface area (Å²) >= 11 is 3.45. The molecule has 102 valence electrons. The van der Waals surface area contributed by atoms with Crippen LogP contribution in [0, 0.1) is 6.92 Å². The van der Waals surface area contributed by atoms with Crippen molar-refractivity contribution in [2.75, 3.05) is 5.32 Å². The van der Waals surface area contributed by atoms with Gasteiger partial charge in [-0.1, -0.05) is 22.0 Å². The number of aryl methyl sites for hydroxylation is 3. The molecule has 0 bridgehead atoms. The third-order valence-corrected chi connectivity index (χ3v) is 4.67. The maximum absolute atomic E-state index is 12.3. The van der Waals surface area contributed by atoms with E-state index in [4.69, 9.17) is 0 Å². The molecule has 0 aliphatic heterocycles. The van der Waals surface area contributed by atoms with Crippen LogP contribution in [0.25, 0.3) is 0 Å². The van der Waals surface area contributed by atoms with Gasteiger partial charge in [-0.05, 0) is 73.2 Å². The van der Waals surface area contributed by atoms with Gasteiger partial charge in [0.1, 0.15) is 0 Å². The first kappa shape index (κ1) is 13.4. The average Bonchev–Trinajstić information content (AvgIpc) is 2.89. The first-order valence-corrected chi connectivity index (χ1v) is 7.62. The van der Waals surface area contributed by atoms with Crippen LogP contribution in [0.5, 0.6) is 0 Å². The first-order chi connectivity index (χ1) is 9.63. The Labute approximate surface area is 127 Å². The Hall–Kier alpha value is -1.61. The number of halogens is 1. The number of benzene rings is 2. The summed E-state index contributed by atoms with van der Waals surface area (Å²) in [5.74, 6) is -0.0569. The largest absolute Gasteiger partial charge is 0.322 e. The zero-order chi connectivity index (χ0) is 14.1. The van der Waals surface area contributed by atoms with Crippen LogP contribution >= 0.6 is 15.9 Å². The topological polar surface area (TPSA) is 29.1 Å². The fraction of sp³-hybridized carbons (Fsp3) is 0.235. The molecule has 0 radical (unpaired) electrons. The van der Waals surface area contributed by atoms with E-state index in [1.807, 2.05) is 31.2 Å². The minimum absolute atomic E-state index is 0.0569. The van der Waals surface area contributed by atoms with Gasteiger partial charge in [0.05, 0.1) is 0 Å². The molecule has 0 fully saturated rings. The second-order valence-corrected chi connectivity index (χ2v) is 6.11. The Kier molecular flexibility index (Phi) is 3.62. The fourth-order valence-electron chi connectivity index (χ4n) is 2.64. The number of hydrogen-bond acceptors (Lipinski definition) is 1. The molecular formula is C17H16BrNO. The molecule has 0 saturated heterocycles. The Morgan fingerprint density at radius 1 is 1.10 bits per heavy atom. The molecule has 0 heterocycles. The lowest BCUT2D eigenvalue weighted by molar-refractivity contribution is 0.102. The molecule has 0 unspecified atom stereocenters. The standard InChI is InChI=1S/C17H16BrNO/c1-11-9-14(6-8-16(11)18)17(20)19-15-7-5-12-3-2-4-13(12)10-15/h5-10H,2-4H2,1H3,(H,19,20). The highest BCUT2D eigenvalue weighted by Crippen LogP contribution is 2.25. The lowest BCUT2D eigenvalue weighted by Crippen LogP contribution is -2.12. The number of anilines is 1. The lowest BCUT2D eigenvalue weighted by atomic mass is 10.1. The highest BCUT2D eigenvalue weighted by molar-refractivity contribution is 9.10. The van der Waals surface area contributed by atoms with Crippen molar-refractivity contribution in [3.8, 4) is 0 Å². The summed E-state index contributed by atoms with van der Waals surface area (Å²) < 4.78 is 1.02.